The molecule has 21 heavy (non-hydrogen) atoms. The number of thiophene rings is 1. The van der Waals surface area contributed by atoms with E-state index in [0.29, 0.717) is 6.10 Å². The van der Waals surface area contributed by atoms with E-state index in [4.69, 9.17) is 4.74 Å². The van der Waals surface area contributed by atoms with Gasteiger partial charge in [-0.1, -0.05) is 0 Å². The number of nitrogens with zero attached hydrogens (tertiary/aromatic N) is 2. The minimum atomic E-state index is 0.345. The van der Waals surface area contributed by atoms with Crippen molar-refractivity contribution in [2.24, 2.45) is 0 Å². The van der Waals surface area contributed by atoms with Crippen LogP contribution < -0.4 is 0 Å². The molecule has 0 unspecified atom stereocenters. The summed E-state index contributed by atoms with van der Waals surface area (Å²) in [5.41, 5.74) is 2.53. The summed E-state index contributed by atoms with van der Waals surface area (Å²) in [6.45, 7) is 4.05. The molecule has 0 bridgehead atoms. The van der Waals surface area contributed by atoms with Gasteiger partial charge in [-0.25, -0.2) is 4.98 Å². The van der Waals surface area contributed by atoms with Gasteiger partial charge >= 0.3 is 0 Å². The van der Waals surface area contributed by atoms with E-state index in [9.17, 15) is 0 Å². The van der Waals surface area contributed by atoms with Crippen LogP contribution >= 0.6 is 11.3 Å². The van der Waals surface area contributed by atoms with Gasteiger partial charge in [0.05, 0.1) is 23.8 Å². The Hall–Kier alpha value is -1.17. The van der Waals surface area contributed by atoms with Gasteiger partial charge in [0.15, 0.2) is 0 Å². The third-order valence-electron chi connectivity index (χ3n) is 4.41. The van der Waals surface area contributed by atoms with E-state index >= 15 is 0 Å². The van der Waals surface area contributed by atoms with Crippen molar-refractivity contribution in [3.63, 3.8) is 0 Å². The number of H-pyrrole nitrogens is 1. The number of hydrogen-bond donors (Lipinski definition) is 1. The summed E-state index contributed by atoms with van der Waals surface area (Å²) in [6.07, 6.45) is 6.92. The van der Waals surface area contributed by atoms with Gasteiger partial charge in [-0.05, 0) is 31.4 Å². The van der Waals surface area contributed by atoms with E-state index in [0.717, 1.165) is 32.7 Å². The molecule has 2 aliphatic heterocycles. The third kappa shape index (κ3) is 2.91. The van der Waals surface area contributed by atoms with Gasteiger partial charge in [0.1, 0.15) is 0 Å². The molecule has 2 aliphatic rings. The van der Waals surface area contributed by atoms with Crippen molar-refractivity contribution in [3.8, 4) is 0 Å². The average molecular weight is 303 g/mol. The first kappa shape index (κ1) is 13.5. The third-order valence-corrected chi connectivity index (χ3v) is 5.58. The van der Waals surface area contributed by atoms with Gasteiger partial charge in [-0.2, -0.15) is 0 Å². The van der Waals surface area contributed by atoms with Crippen molar-refractivity contribution in [2.45, 2.75) is 44.9 Å². The Kier molecular flexibility index (Phi) is 3.80. The smallest absolute Gasteiger partial charge is 0.0925 e. The summed E-state index contributed by atoms with van der Waals surface area (Å²) < 4.78 is 5.89. The van der Waals surface area contributed by atoms with Gasteiger partial charge in [-0.3, -0.25) is 4.90 Å². The number of aromatic nitrogens is 2. The van der Waals surface area contributed by atoms with Crippen LogP contribution in [-0.2, 0) is 24.2 Å². The van der Waals surface area contributed by atoms with Crippen LogP contribution in [0, 0.1) is 0 Å². The lowest BCUT2D eigenvalue weighted by molar-refractivity contribution is 0.0172. The summed E-state index contributed by atoms with van der Waals surface area (Å²) in [5, 5.41) is 0. The number of aromatic amines is 1. The molecule has 112 valence electrons. The summed E-state index contributed by atoms with van der Waals surface area (Å²) in [7, 11) is 0. The second-order valence-corrected chi connectivity index (χ2v) is 7.15. The fourth-order valence-corrected chi connectivity index (χ4v) is 4.38. The van der Waals surface area contributed by atoms with Crippen molar-refractivity contribution in [3.05, 3.63) is 39.6 Å². The molecule has 4 rings (SSSR count). The van der Waals surface area contributed by atoms with E-state index in [-0.39, 0.29) is 0 Å². The number of fused-ring (bicyclic) bond motifs is 1. The van der Waals surface area contributed by atoms with Crippen LogP contribution in [0.4, 0.5) is 0 Å². The van der Waals surface area contributed by atoms with Crippen molar-refractivity contribution in [1.29, 1.82) is 0 Å². The molecule has 1 fully saturated rings. The minimum absolute atomic E-state index is 0.345. The van der Waals surface area contributed by atoms with Crippen molar-refractivity contribution >= 4 is 11.3 Å². The number of nitrogens with one attached hydrogen (secondary N) is 1. The molecule has 0 saturated carbocycles. The van der Waals surface area contributed by atoms with Crippen LogP contribution in [-0.4, -0.2) is 28.0 Å². The topological polar surface area (TPSA) is 41.2 Å². The first-order chi connectivity index (χ1) is 10.4. The second-order valence-electron chi connectivity index (χ2n) is 5.95. The normalized spacial score (nSPS) is 23.1. The average Bonchev–Trinajstić information content (AvgIpc) is 3.17. The monoisotopic (exact) mass is 303 g/mol. The molecular formula is C16H21N3OS. The molecule has 4 heterocycles. The number of hydrogen-bond acceptors (Lipinski definition) is 4. The Morgan fingerprint density at radius 1 is 1.38 bits per heavy atom. The molecule has 5 heteroatoms. The van der Waals surface area contributed by atoms with Gasteiger partial charge in [0.25, 0.3) is 0 Å². The highest BCUT2D eigenvalue weighted by Gasteiger charge is 2.21. The first-order valence-electron chi connectivity index (χ1n) is 7.82. The Labute approximate surface area is 129 Å². The van der Waals surface area contributed by atoms with Gasteiger partial charge in [0.2, 0.25) is 0 Å². The van der Waals surface area contributed by atoms with Crippen LogP contribution in [0.15, 0.2) is 18.5 Å². The van der Waals surface area contributed by atoms with Crippen LogP contribution in [0.2, 0.25) is 0 Å². The van der Waals surface area contributed by atoms with Crippen LogP contribution in [0.25, 0.3) is 0 Å². The molecule has 0 spiro atoms. The minimum Gasteiger partial charge on any atom is -0.373 e. The summed E-state index contributed by atoms with van der Waals surface area (Å²) >= 11 is 1.92. The molecule has 0 aliphatic carbocycles. The Balaban J connectivity index is 1.40. The Bertz CT molecular complexity index is 600. The van der Waals surface area contributed by atoms with Crippen molar-refractivity contribution in [2.75, 3.05) is 13.2 Å². The fraction of sp³-hybridized carbons (Fsp3) is 0.562. The molecule has 0 aromatic carbocycles. The quantitative estimate of drug-likeness (QED) is 0.946. The maximum atomic E-state index is 5.89. The van der Waals surface area contributed by atoms with E-state index in [1.165, 1.54) is 40.4 Å². The van der Waals surface area contributed by atoms with Crippen LogP contribution in [0.5, 0.6) is 0 Å². The lowest BCUT2D eigenvalue weighted by atomic mass is 10.1. The molecule has 2 aromatic rings. The summed E-state index contributed by atoms with van der Waals surface area (Å²) in [4.78, 5) is 13.0. The van der Waals surface area contributed by atoms with E-state index < -0.39 is 0 Å². The van der Waals surface area contributed by atoms with Crippen LogP contribution in [0.1, 0.15) is 46.5 Å². The maximum Gasteiger partial charge on any atom is 0.0925 e. The molecule has 4 nitrogen and oxygen atoms in total. The standard InChI is InChI=1S/C16H21N3OS/c1-2-8-20-15(3-1)16-5-4-12(21-16)9-19-7-6-13-14(10-19)18-11-17-13/h4-5,11,15H,1-3,6-10H2,(H,17,18)/t15-/m0/s1. The predicted octanol–water partition coefficient (Wildman–Crippen LogP) is 3.27. The van der Waals surface area contributed by atoms with Crippen LogP contribution in [0.3, 0.4) is 0 Å². The largest absolute Gasteiger partial charge is 0.373 e. The van der Waals surface area contributed by atoms with E-state index in [1.54, 1.807) is 0 Å². The summed E-state index contributed by atoms with van der Waals surface area (Å²) in [5.74, 6) is 0. The zero-order valence-corrected chi connectivity index (χ0v) is 13.0. The first-order valence-corrected chi connectivity index (χ1v) is 8.64. The number of ether oxygens (including phenoxy) is 1. The molecular weight excluding hydrogens is 282 g/mol. The fourth-order valence-electron chi connectivity index (χ4n) is 3.24. The molecule has 0 radical (unpaired) electrons. The Morgan fingerprint density at radius 3 is 3.29 bits per heavy atom. The molecule has 1 saturated heterocycles. The molecule has 1 atom stereocenters. The number of rotatable bonds is 3. The highest BCUT2D eigenvalue weighted by atomic mass is 32.1. The SMILES string of the molecule is c1nc2c([nH]1)CN(Cc1ccc([C@@H]3CCCCO3)s1)CC2. The molecule has 1 N–H and O–H groups in total. The lowest BCUT2D eigenvalue weighted by Crippen LogP contribution is -2.29. The van der Waals surface area contributed by atoms with Crippen molar-refractivity contribution < 1.29 is 4.74 Å². The Morgan fingerprint density at radius 2 is 2.38 bits per heavy atom. The second kappa shape index (κ2) is 5.91. The number of imidazole rings is 1. The van der Waals surface area contributed by atoms with Gasteiger partial charge < -0.3 is 9.72 Å². The van der Waals surface area contributed by atoms with E-state index in [1.807, 2.05) is 17.7 Å². The predicted molar refractivity (Wildman–Crippen MR) is 83.3 cm³/mol. The lowest BCUT2D eigenvalue weighted by Gasteiger charge is -2.25. The van der Waals surface area contributed by atoms with Gasteiger partial charge in [-0.15, -0.1) is 11.3 Å². The van der Waals surface area contributed by atoms with Gasteiger partial charge in [0, 0.05) is 42.4 Å². The highest BCUT2D eigenvalue weighted by molar-refractivity contribution is 7.12. The van der Waals surface area contributed by atoms with Crippen molar-refractivity contribution in [1.82, 2.24) is 14.9 Å². The highest BCUT2D eigenvalue weighted by Crippen LogP contribution is 2.33. The maximum absolute atomic E-state index is 5.89. The zero-order chi connectivity index (χ0) is 14.1. The molecule has 2 aromatic heterocycles. The van der Waals surface area contributed by atoms with E-state index in [2.05, 4.69) is 27.0 Å². The molecule has 0 amide bonds. The zero-order valence-electron chi connectivity index (χ0n) is 12.2. The summed E-state index contributed by atoms with van der Waals surface area (Å²) in [6, 6.07) is 4.54.